The Hall–Kier alpha value is -0.830. The summed E-state index contributed by atoms with van der Waals surface area (Å²) in [5.41, 5.74) is 7.71. The first kappa shape index (κ1) is 6.85. The van der Waals surface area contributed by atoms with Crippen molar-refractivity contribution in [2.24, 2.45) is 0 Å². The molecule has 0 fully saturated rings. The monoisotopic (exact) mass is 166 g/mol. The van der Waals surface area contributed by atoms with Crippen LogP contribution in [-0.4, -0.2) is 12.3 Å². The van der Waals surface area contributed by atoms with E-state index in [-0.39, 0.29) is 0 Å². The van der Waals surface area contributed by atoms with Crippen LogP contribution in [0.1, 0.15) is 0 Å². The van der Waals surface area contributed by atoms with Crippen LogP contribution in [0.4, 0.5) is 11.4 Å². The van der Waals surface area contributed by atoms with Gasteiger partial charge in [-0.1, -0.05) is 0 Å². The maximum Gasteiger partial charge on any atom is 0.0480 e. The summed E-state index contributed by atoms with van der Waals surface area (Å²) in [5.74, 6) is 1.14. The molecule has 1 aliphatic heterocycles. The molecular weight excluding hydrogens is 156 g/mol. The van der Waals surface area contributed by atoms with Gasteiger partial charge in [0.05, 0.1) is 0 Å². The largest absolute Gasteiger partial charge is 0.399 e. The summed E-state index contributed by atoms with van der Waals surface area (Å²) in [6, 6.07) is 5.99. The number of nitrogens with two attached hydrogens (primary N) is 1. The molecule has 0 radical (unpaired) electrons. The lowest BCUT2D eigenvalue weighted by atomic mass is 10.3. The van der Waals surface area contributed by atoms with Gasteiger partial charge in [-0.05, 0) is 18.2 Å². The molecule has 1 heterocycles. The zero-order valence-corrected chi connectivity index (χ0v) is 6.95. The molecule has 1 aromatic carbocycles. The van der Waals surface area contributed by atoms with Gasteiger partial charge in [0.15, 0.2) is 0 Å². The zero-order valence-electron chi connectivity index (χ0n) is 6.13. The number of benzene rings is 1. The van der Waals surface area contributed by atoms with Crippen LogP contribution < -0.4 is 11.1 Å². The van der Waals surface area contributed by atoms with Gasteiger partial charge >= 0.3 is 0 Å². The zero-order chi connectivity index (χ0) is 7.68. The Bertz CT molecular complexity index is 273. The molecule has 58 valence electrons. The first-order valence-corrected chi connectivity index (χ1v) is 4.61. The molecule has 0 aliphatic carbocycles. The van der Waals surface area contributed by atoms with Gasteiger partial charge in [-0.2, -0.15) is 0 Å². The highest BCUT2D eigenvalue weighted by molar-refractivity contribution is 7.99. The van der Waals surface area contributed by atoms with Crippen molar-refractivity contribution in [3.05, 3.63) is 18.2 Å². The highest BCUT2D eigenvalue weighted by Crippen LogP contribution is 2.31. The third-order valence-electron chi connectivity index (χ3n) is 1.68. The first-order valence-electron chi connectivity index (χ1n) is 3.62. The molecule has 0 aromatic heterocycles. The summed E-state index contributed by atoms with van der Waals surface area (Å²) in [6.07, 6.45) is 0. The van der Waals surface area contributed by atoms with Crippen LogP contribution in [0.25, 0.3) is 0 Å². The van der Waals surface area contributed by atoms with Crippen molar-refractivity contribution in [3.63, 3.8) is 0 Å². The minimum absolute atomic E-state index is 0.847. The van der Waals surface area contributed by atoms with E-state index < -0.39 is 0 Å². The van der Waals surface area contributed by atoms with E-state index in [0.717, 1.165) is 18.0 Å². The van der Waals surface area contributed by atoms with Crippen LogP contribution >= 0.6 is 11.8 Å². The van der Waals surface area contributed by atoms with Crippen molar-refractivity contribution in [1.29, 1.82) is 0 Å². The summed E-state index contributed by atoms with van der Waals surface area (Å²) < 4.78 is 0. The molecule has 2 nitrogen and oxygen atoms in total. The second kappa shape index (κ2) is 2.66. The molecule has 1 aromatic rings. The Morgan fingerprint density at radius 2 is 2.36 bits per heavy atom. The van der Waals surface area contributed by atoms with Gasteiger partial charge < -0.3 is 11.1 Å². The minimum Gasteiger partial charge on any atom is -0.399 e. The van der Waals surface area contributed by atoms with E-state index in [1.165, 1.54) is 10.6 Å². The van der Waals surface area contributed by atoms with Gasteiger partial charge in [0.1, 0.15) is 0 Å². The maximum atomic E-state index is 5.64. The smallest absolute Gasteiger partial charge is 0.0480 e. The molecular formula is C8H10N2S. The Labute approximate surface area is 70.2 Å². The Morgan fingerprint density at radius 1 is 1.45 bits per heavy atom. The van der Waals surface area contributed by atoms with Gasteiger partial charge in [0.25, 0.3) is 0 Å². The summed E-state index contributed by atoms with van der Waals surface area (Å²) >= 11 is 1.86. The van der Waals surface area contributed by atoms with Crippen LogP contribution in [0.2, 0.25) is 0 Å². The van der Waals surface area contributed by atoms with E-state index in [0.29, 0.717) is 0 Å². The number of thioether (sulfide) groups is 1. The van der Waals surface area contributed by atoms with Gasteiger partial charge in [0.2, 0.25) is 0 Å². The normalized spacial score (nSPS) is 15.3. The highest BCUT2D eigenvalue weighted by Gasteiger charge is 2.07. The molecule has 0 saturated carbocycles. The van der Waals surface area contributed by atoms with E-state index in [9.17, 15) is 0 Å². The molecule has 11 heavy (non-hydrogen) atoms. The van der Waals surface area contributed by atoms with Gasteiger partial charge in [-0.25, -0.2) is 0 Å². The quantitative estimate of drug-likeness (QED) is 0.577. The van der Waals surface area contributed by atoms with E-state index in [1.54, 1.807) is 0 Å². The molecule has 3 N–H and O–H groups in total. The van der Waals surface area contributed by atoms with Gasteiger partial charge in [-0.15, -0.1) is 11.8 Å². The summed E-state index contributed by atoms with van der Waals surface area (Å²) in [6.45, 7) is 1.06. The second-order valence-corrected chi connectivity index (χ2v) is 3.67. The average molecular weight is 166 g/mol. The van der Waals surface area contributed by atoms with E-state index in [2.05, 4.69) is 5.32 Å². The van der Waals surface area contributed by atoms with Gasteiger partial charge in [0, 0.05) is 28.6 Å². The Kier molecular flexibility index (Phi) is 1.66. The second-order valence-electron chi connectivity index (χ2n) is 2.53. The number of fused-ring (bicyclic) bond motifs is 1. The Balaban J connectivity index is 2.43. The minimum atomic E-state index is 0.847. The van der Waals surface area contributed by atoms with Crippen molar-refractivity contribution < 1.29 is 0 Å². The number of anilines is 2. The standard InChI is InChI=1S/C8H10N2S/c9-6-1-2-7-8(5-6)11-4-3-10-7/h1-2,5,10H,3-4,9H2. The molecule has 1 aliphatic rings. The molecule has 0 bridgehead atoms. The van der Waals surface area contributed by atoms with Crippen LogP contribution in [0.3, 0.4) is 0 Å². The first-order chi connectivity index (χ1) is 5.36. The highest BCUT2D eigenvalue weighted by atomic mass is 32.2. The van der Waals surface area contributed by atoms with E-state index in [1.807, 2.05) is 30.0 Å². The fraction of sp³-hybridized carbons (Fsp3) is 0.250. The summed E-state index contributed by atoms with van der Waals surface area (Å²) in [5, 5.41) is 3.31. The molecule has 2 rings (SSSR count). The molecule has 0 atom stereocenters. The van der Waals surface area contributed by atoms with Crippen molar-refractivity contribution in [2.75, 3.05) is 23.3 Å². The maximum absolute atomic E-state index is 5.64. The molecule has 0 amide bonds. The lowest BCUT2D eigenvalue weighted by molar-refractivity contribution is 1.17. The number of nitrogens with one attached hydrogen (secondary N) is 1. The van der Waals surface area contributed by atoms with Crippen LogP contribution in [-0.2, 0) is 0 Å². The SMILES string of the molecule is Nc1ccc2c(c1)SCCN2. The van der Waals surface area contributed by atoms with Gasteiger partial charge in [-0.3, -0.25) is 0 Å². The molecule has 0 saturated heterocycles. The fourth-order valence-electron chi connectivity index (χ4n) is 1.15. The summed E-state index contributed by atoms with van der Waals surface area (Å²) in [4.78, 5) is 1.27. The van der Waals surface area contributed by atoms with Crippen LogP contribution in [0.5, 0.6) is 0 Å². The lowest BCUT2D eigenvalue weighted by Crippen LogP contribution is -2.09. The Morgan fingerprint density at radius 3 is 3.27 bits per heavy atom. The topological polar surface area (TPSA) is 38.0 Å². The number of hydrogen-bond acceptors (Lipinski definition) is 3. The molecule has 0 unspecified atom stereocenters. The van der Waals surface area contributed by atoms with Crippen LogP contribution in [0.15, 0.2) is 23.1 Å². The lowest BCUT2D eigenvalue weighted by Gasteiger charge is -2.17. The third-order valence-corrected chi connectivity index (χ3v) is 2.74. The number of hydrogen-bond donors (Lipinski definition) is 2. The number of rotatable bonds is 0. The molecule has 0 spiro atoms. The molecule has 3 heteroatoms. The predicted molar refractivity (Wildman–Crippen MR) is 50.1 cm³/mol. The van der Waals surface area contributed by atoms with Crippen molar-refractivity contribution in [3.8, 4) is 0 Å². The van der Waals surface area contributed by atoms with E-state index >= 15 is 0 Å². The van der Waals surface area contributed by atoms with Crippen LogP contribution in [0, 0.1) is 0 Å². The van der Waals surface area contributed by atoms with Crippen molar-refractivity contribution >= 4 is 23.1 Å². The van der Waals surface area contributed by atoms with E-state index in [4.69, 9.17) is 5.73 Å². The fourth-order valence-corrected chi connectivity index (χ4v) is 2.09. The average Bonchev–Trinajstić information content (AvgIpc) is 2.04. The third kappa shape index (κ3) is 1.28. The summed E-state index contributed by atoms with van der Waals surface area (Å²) in [7, 11) is 0. The van der Waals surface area contributed by atoms with Crippen molar-refractivity contribution in [2.45, 2.75) is 4.90 Å². The predicted octanol–water partition coefficient (Wildman–Crippen LogP) is 1.79. The van der Waals surface area contributed by atoms with Crippen molar-refractivity contribution in [1.82, 2.24) is 0 Å². The number of nitrogen functional groups attached to an aromatic ring is 1.